The highest BCUT2D eigenvalue weighted by Crippen LogP contribution is 2.27. The van der Waals surface area contributed by atoms with Gasteiger partial charge in [0.2, 0.25) is 5.91 Å². The van der Waals surface area contributed by atoms with Crippen LogP contribution in [-0.2, 0) is 20.7 Å². The van der Waals surface area contributed by atoms with E-state index in [9.17, 15) is 9.59 Å². The highest BCUT2D eigenvalue weighted by Gasteiger charge is 2.17. The number of hydrogen-bond donors (Lipinski definition) is 1. The molecule has 1 aromatic rings. The maximum atomic E-state index is 11.9. The molecule has 6 heteroatoms. The fraction of sp³-hybridized carbons (Fsp3) is 0.467. The second-order valence-electron chi connectivity index (χ2n) is 4.41. The first-order valence-electron chi connectivity index (χ1n) is 6.68. The quantitative estimate of drug-likeness (QED) is 0.768. The number of amides is 1. The van der Waals surface area contributed by atoms with Crippen molar-refractivity contribution in [3.05, 3.63) is 23.8 Å². The van der Waals surface area contributed by atoms with Crippen molar-refractivity contribution in [1.82, 2.24) is 5.32 Å². The van der Waals surface area contributed by atoms with Crippen molar-refractivity contribution in [1.29, 1.82) is 0 Å². The average molecular weight is 295 g/mol. The van der Waals surface area contributed by atoms with Crippen molar-refractivity contribution >= 4 is 11.9 Å². The smallest absolute Gasteiger partial charge is 0.328 e. The van der Waals surface area contributed by atoms with Gasteiger partial charge in [0.15, 0.2) is 11.5 Å². The van der Waals surface area contributed by atoms with Crippen LogP contribution in [-0.4, -0.2) is 38.7 Å². The molecular weight excluding hydrogens is 274 g/mol. The van der Waals surface area contributed by atoms with E-state index in [0.717, 1.165) is 5.56 Å². The van der Waals surface area contributed by atoms with Crippen molar-refractivity contribution in [3.8, 4) is 11.5 Å². The largest absolute Gasteiger partial charge is 0.493 e. The maximum absolute atomic E-state index is 11.9. The van der Waals surface area contributed by atoms with Crippen molar-refractivity contribution in [2.75, 3.05) is 20.8 Å². The summed E-state index contributed by atoms with van der Waals surface area (Å²) in [6, 6.07) is 4.57. The SMILES string of the molecule is CCOC(=O)C(C)NC(=O)Cc1ccc(OC)c(OC)c1. The zero-order valence-corrected chi connectivity index (χ0v) is 12.8. The lowest BCUT2D eigenvalue weighted by molar-refractivity contribution is -0.146. The Morgan fingerprint density at radius 1 is 1.19 bits per heavy atom. The van der Waals surface area contributed by atoms with E-state index in [2.05, 4.69) is 5.32 Å². The molecule has 0 aromatic heterocycles. The second-order valence-corrected chi connectivity index (χ2v) is 4.41. The molecule has 0 radical (unpaired) electrons. The number of ether oxygens (including phenoxy) is 3. The molecule has 0 bridgehead atoms. The molecule has 0 aliphatic carbocycles. The van der Waals surface area contributed by atoms with Crippen LogP contribution in [0.3, 0.4) is 0 Å². The third-order valence-electron chi connectivity index (χ3n) is 2.83. The van der Waals surface area contributed by atoms with E-state index in [-0.39, 0.29) is 18.9 Å². The standard InChI is InChI=1S/C15H21NO5/c1-5-21-15(18)10(2)16-14(17)9-11-6-7-12(19-3)13(8-11)20-4/h6-8,10H,5,9H2,1-4H3,(H,16,17). The lowest BCUT2D eigenvalue weighted by Crippen LogP contribution is -2.40. The third kappa shape index (κ3) is 4.98. The van der Waals surface area contributed by atoms with E-state index in [1.165, 1.54) is 7.11 Å². The number of carbonyl (C=O) groups excluding carboxylic acids is 2. The van der Waals surface area contributed by atoms with Gasteiger partial charge in [-0.2, -0.15) is 0 Å². The fourth-order valence-corrected chi connectivity index (χ4v) is 1.79. The molecule has 0 heterocycles. The molecule has 1 unspecified atom stereocenters. The van der Waals surface area contributed by atoms with Crippen LogP contribution in [0.15, 0.2) is 18.2 Å². The van der Waals surface area contributed by atoms with Gasteiger partial charge in [-0.25, -0.2) is 4.79 Å². The van der Waals surface area contributed by atoms with E-state index < -0.39 is 12.0 Å². The highest BCUT2D eigenvalue weighted by atomic mass is 16.5. The fourth-order valence-electron chi connectivity index (χ4n) is 1.79. The molecule has 0 saturated carbocycles. The Morgan fingerprint density at radius 3 is 2.43 bits per heavy atom. The van der Waals surface area contributed by atoms with Gasteiger partial charge in [-0.3, -0.25) is 4.79 Å². The molecule has 0 aliphatic heterocycles. The van der Waals surface area contributed by atoms with Crippen molar-refractivity contribution < 1.29 is 23.8 Å². The van der Waals surface area contributed by atoms with Crippen molar-refractivity contribution in [2.45, 2.75) is 26.3 Å². The second kappa shape index (κ2) is 8.14. The molecule has 1 rings (SSSR count). The molecule has 0 spiro atoms. The molecule has 1 N–H and O–H groups in total. The van der Waals surface area contributed by atoms with Crippen molar-refractivity contribution in [2.24, 2.45) is 0 Å². The summed E-state index contributed by atoms with van der Waals surface area (Å²) in [6.07, 6.45) is 0.143. The molecule has 0 aliphatic rings. The first-order chi connectivity index (χ1) is 10.0. The predicted molar refractivity (Wildman–Crippen MR) is 77.5 cm³/mol. The predicted octanol–water partition coefficient (Wildman–Crippen LogP) is 1.31. The van der Waals surface area contributed by atoms with E-state index >= 15 is 0 Å². The highest BCUT2D eigenvalue weighted by molar-refractivity contribution is 5.85. The Balaban J connectivity index is 2.64. The number of benzene rings is 1. The molecule has 1 amide bonds. The van der Waals surface area contributed by atoms with E-state index in [0.29, 0.717) is 11.5 Å². The van der Waals surface area contributed by atoms with E-state index in [1.807, 2.05) is 0 Å². The first-order valence-corrected chi connectivity index (χ1v) is 6.68. The topological polar surface area (TPSA) is 73.9 Å². The van der Waals surface area contributed by atoms with Gasteiger partial charge >= 0.3 is 5.97 Å². The minimum atomic E-state index is -0.669. The van der Waals surface area contributed by atoms with Crippen LogP contribution in [0.5, 0.6) is 11.5 Å². The summed E-state index contributed by atoms with van der Waals surface area (Å²) in [6.45, 7) is 3.59. The monoisotopic (exact) mass is 295 g/mol. The van der Waals surface area contributed by atoms with Crippen molar-refractivity contribution in [3.63, 3.8) is 0 Å². The van der Waals surface area contributed by atoms with Crippen LogP contribution in [0.2, 0.25) is 0 Å². The molecular formula is C15H21NO5. The first kappa shape index (κ1) is 16.8. The van der Waals surface area contributed by atoms with Crippen LogP contribution in [0, 0.1) is 0 Å². The summed E-state index contributed by atoms with van der Waals surface area (Å²) in [7, 11) is 3.08. The van der Waals surface area contributed by atoms with E-state index in [4.69, 9.17) is 14.2 Å². The number of carbonyl (C=O) groups is 2. The Bertz CT molecular complexity index is 501. The number of methoxy groups -OCH3 is 2. The van der Waals surface area contributed by atoms with Crippen LogP contribution in [0.1, 0.15) is 19.4 Å². The summed E-state index contributed by atoms with van der Waals surface area (Å²) >= 11 is 0. The zero-order valence-electron chi connectivity index (χ0n) is 12.8. The average Bonchev–Trinajstić information content (AvgIpc) is 2.47. The van der Waals surface area contributed by atoms with Gasteiger partial charge in [-0.1, -0.05) is 6.07 Å². The summed E-state index contributed by atoms with van der Waals surface area (Å²) < 4.78 is 15.1. The van der Waals surface area contributed by atoms with Crippen LogP contribution >= 0.6 is 0 Å². The Hall–Kier alpha value is -2.24. The minimum absolute atomic E-state index is 0.143. The third-order valence-corrected chi connectivity index (χ3v) is 2.83. The molecule has 1 aromatic carbocycles. The van der Waals surface area contributed by atoms with Gasteiger partial charge in [-0.05, 0) is 31.5 Å². The molecule has 0 saturated heterocycles. The number of esters is 1. The Morgan fingerprint density at radius 2 is 1.86 bits per heavy atom. The van der Waals surface area contributed by atoms with Gasteiger partial charge in [0.25, 0.3) is 0 Å². The molecule has 21 heavy (non-hydrogen) atoms. The summed E-state index contributed by atoms with van der Waals surface area (Å²) in [4.78, 5) is 23.3. The van der Waals surface area contributed by atoms with E-state index in [1.54, 1.807) is 39.2 Å². The van der Waals surface area contributed by atoms with Gasteiger partial charge in [0, 0.05) is 0 Å². The Labute approximate surface area is 124 Å². The van der Waals surface area contributed by atoms with Gasteiger partial charge < -0.3 is 19.5 Å². The lowest BCUT2D eigenvalue weighted by Gasteiger charge is -2.13. The normalized spacial score (nSPS) is 11.4. The number of nitrogens with one attached hydrogen (secondary N) is 1. The maximum Gasteiger partial charge on any atom is 0.328 e. The zero-order chi connectivity index (χ0) is 15.8. The summed E-state index contributed by atoms with van der Waals surface area (Å²) in [5.74, 6) is 0.448. The van der Waals surface area contributed by atoms with Gasteiger partial charge in [0.05, 0.1) is 27.2 Å². The summed E-state index contributed by atoms with van der Waals surface area (Å²) in [5.41, 5.74) is 0.765. The van der Waals surface area contributed by atoms with Gasteiger partial charge in [-0.15, -0.1) is 0 Å². The number of hydrogen-bond acceptors (Lipinski definition) is 5. The molecule has 1 atom stereocenters. The van der Waals surface area contributed by atoms with Gasteiger partial charge in [0.1, 0.15) is 6.04 Å². The lowest BCUT2D eigenvalue weighted by atomic mass is 10.1. The summed E-state index contributed by atoms with van der Waals surface area (Å²) in [5, 5.41) is 2.59. The molecule has 116 valence electrons. The molecule has 0 fully saturated rings. The van der Waals surface area contributed by atoms with Crippen LogP contribution < -0.4 is 14.8 Å². The van der Waals surface area contributed by atoms with Crippen LogP contribution in [0.25, 0.3) is 0 Å². The Kier molecular flexibility index (Phi) is 6.52. The van der Waals surface area contributed by atoms with Crippen LogP contribution in [0.4, 0.5) is 0 Å². The molecule has 6 nitrogen and oxygen atoms in total. The minimum Gasteiger partial charge on any atom is -0.493 e. The number of rotatable bonds is 7.